The van der Waals surface area contributed by atoms with Crippen molar-refractivity contribution in [1.29, 1.82) is 0 Å². The van der Waals surface area contributed by atoms with Crippen molar-refractivity contribution in [2.45, 2.75) is 12.5 Å². The van der Waals surface area contributed by atoms with Gasteiger partial charge in [-0.25, -0.2) is 4.79 Å². The van der Waals surface area contributed by atoms with E-state index in [-0.39, 0.29) is 12.1 Å². The Labute approximate surface area is 120 Å². The molecule has 2 aromatic rings. The number of fused-ring (bicyclic) bond motifs is 1. The first-order chi connectivity index (χ1) is 9.15. The number of hydrogen-bond donors (Lipinski definition) is 0. The van der Waals surface area contributed by atoms with Crippen LogP contribution in [0, 0.1) is 0 Å². The van der Waals surface area contributed by atoms with Crippen LogP contribution in [0.1, 0.15) is 27.6 Å². The van der Waals surface area contributed by atoms with Gasteiger partial charge in [-0.1, -0.05) is 53.5 Å². The summed E-state index contributed by atoms with van der Waals surface area (Å²) in [7, 11) is 0. The summed E-state index contributed by atoms with van der Waals surface area (Å²) in [5, 5.41) is 0.814. The highest BCUT2D eigenvalue weighted by Crippen LogP contribution is 2.37. The van der Waals surface area contributed by atoms with Gasteiger partial charge in [-0.2, -0.15) is 0 Å². The first-order valence-electron chi connectivity index (χ1n) is 5.89. The zero-order valence-corrected chi connectivity index (χ0v) is 11.4. The van der Waals surface area contributed by atoms with Crippen molar-refractivity contribution in [3.63, 3.8) is 0 Å². The van der Waals surface area contributed by atoms with Gasteiger partial charge in [-0.15, -0.1) is 0 Å². The second-order valence-electron chi connectivity index (χ2n) is 4.44. The molecule has 19 heavy (non-hydrogen) atoms. The van der Waals surface area contributed by atoms with Crippen LogP contribution in [0.2, 0.25) is 10.0 Å². The van der Waals surface area contributed by atoms with E-state index in [1.54, 1.807) is 12.1 Å². The molecule has 0 spiro atoms. The van der Waals surface area contributed by atoms with Gasteiger partial charge in [0.25, 0.3) is 0 Å². The van der Waals surface area contributed by atoms with Crippen LogP contribution in [-0.4, -0.2) is 5.97 Å². The smallest absolute Gasteiger partial charge is 0.339 e. The first kappa shape index (κ1) is 12.5. The van der Waals surface area contributed by atoms with Crippen molar-refractivity contribution in [1.82, 2.24) is 0 Å². The van der Waals surface area contributed by atoms with Crippen molar-refractivity contribution in [2.75, 3.05) is 0 Å². The third-order valence-corrected chi connectivity index (χ3v) is 3.89. The van der Waals surface area contributed by atoms with Gasteiger partial charge in [0.2, 0.25) is 0 Å². The van der Waals surface area contributed by atoms with Crippen LogP contribution >= 0.6 is 23.2 Å². The molecule has 1 atom stereocenters. The highest BCUT2D eigenvalue weighted by atomic mass is 35.5. The molecule has 1 unspecified atom stereocenters. The second-order valence-corrected chi connectivity index (χ2v) is 5.25. The van der Waals surface area contributed by atoms with E-state index in [0.717, 1.165) is 11.1 Å². The van der Waals surface area contributed by atoms with Crippen molar-refractivity contribution in [3.8, 4) is 0 Å². The zero-order chi connectivity index (χ0) is 13.4. The molecule has 1 aliphatic heterocycles. The Balaban J connectivity index is 1.96. The number of esters is 1. The summed E-state index contributed by atoms with van der Waals surface area (Å²) in [6.45, 7) is 0. The van der Waals surface area contributed by atoms with Gasteiger partial charge in [-0.05, 0) is 17.7 Å². The first-order valence-corrected chi connectivity index (χ1v) is 6.64. The number of benzene rings is 2. The molecule has 0 amide bonds. The highest BCUT2D eigenvalue weighted by Gasteiger charge is 2.32. The van der Waals surface area contributed by atoms with Crippen LogP contribution in [0.25, 0.3) is 0 Å². The van der Waals surface area contributed by atoms with Crippen LogP contribution in [0.5, 0.6) is 0 Å². The molecule has 3 rings (SSSR count). The number of cyclic esters (lactones) is 1. The third kappa shape index (κ3) is 2.34. The minimum absolute atomic E-state index is 0.292. The van der Waals surface area contributed by atoms with Crippen LogP contribution in [0.3, 0.4) is 0 Å². The van der Waals surface area contributed by atoms with E-state index in [0.29, 0.717) is 22.0 Å². The number of ether oxygens (including phenoxy) is 1. The Morgan fingerprint density at radius 2 is 1.74 bits per heavy atom. The van der Waals surface area contributed by atoms with Crippen LogP contribution in [0.4, 0.5) is 0 Å². The summed E-state index contributed by atoms with van der Waals surface area (Å²) < 4.78 is 5.39. The second kappa shape index (κ2) is 4.87. The summed E-state index contributed by atoms with van der Waals surface area (Å²) in [5.74, 6) is -0.338. The fraction of sp³-hybridized carbons (Fsp3) is 0.133. The monoisotopic (exact) mass is 292 g/mol. The number of hydrogen-bond acceptors (Lipinski definition) is 2. The maximum atomic E-state index is 11.8. The van der Waals surface area contributed by atoms with E-state index < -0.39 is 0 Å². The predicted molar refractivity (Wildman–Crippen MR) is 74.8 cm³/mol. The summed E-state index contributed by atoms with van der Waals surface area (Å²) in [4.78, 5) is 11.8. The standard InChI is InChI=1S/C15H10Cl2O2/c16-12-7-10-11(8-13(12)17)15(18)19-14(10)6-9-4-2-1-3-5-9/h1-5,7-8,14H,6H2. The predicted octanol–water partition coefficient (Wildman–Crippen LogP) is 4.45. The Morgan fingerprint density at radius 3 is 2.47 bits per heavy atom. The molecule has 96 valence electrons. The minimum atomic E-state index is -0.338. The lowest BCUT2D eigenvalue weighted by atomic mass is 9.99. The Morgan fingerprint density at radius 1 is 1.05 bits per heavy atom. The quantitative estimate of drug-likeness (QED) is 0.765. The topological polar surface area (TPSA) is 26.3 Å². The van der Waals surface area contributed by atoms with E-state index in [4.69, 9.17) is 27.9 Å². The molecule has 0 aliphatic carbocycles. The zero-order valence-electron chi connectivity index (χ0n) is 9.90. The molecule has 2 nitrogen and oxygen atoms in total. The van der Waals surface area contributed by atoms with Gasteiger partial charge >= 0.3 is 5.97 Å². The summed E-state index contributed by atoms with van der Waals surface area (Å²) in [6, 6.07) is 13.2. The molecule has 0 saturated carbocycles. The fourth-order valence-corrected chi connectivity index (χ4v) is 2.58. The fourth-order valence-electron chi connectivity index (χ4n) is 2.24. The van der Waals surface area contributed by atoms with Crippen molar-refractivity contribution in [2.24, 2.45) is 0 Å². The van der Waals surface area contributed by atoms with Crippen LogP contribution < -0.4 is 0 Å². The van der Waals surface area contributed by atoms with Gasteiger partial charge in [0.05, 0.1) is 15.6 Å². The molecule has 1 heterocycles. The molecule has 0 fully saturated rings. The number of carbonyl (C=O) groups is 1. The number of halogens is 2. The van der Waals surface area contributed by atoms with Gasteiger partial charge < -0.3 is 4.74 Å². The lowest BCUT2D eigenvalue weighted by Gasteiger charge is -2.11. The van der Waals surface area contributed by atoms with E-state index in [2.05, 4.69) is 0 Å². The average molecular weight is 293 g/mol. The molecule has 0 bridgehead atoms. The summed E-state index contributed by atoms with van der Waals surface area (Å²) in [5.41, 5.74) is 2.43. The molecule has 0 saturated heterocycles. The van der Waals surface area contributed by atoms with E-state index in [1.165, 1.54) is 0 Å². The molecule has 1 aliphatic rings. The summed E-state index contributed by atoms with van der Waals surface area (Å²) in [6.07, 6.45) is 0.344. The van der Waals surface area contributed by atoms with E-state index in [9.17, 15) is 4.79 Å². The van der Waals surface area contributed by atoms with Gasteiger partial charge in [0.1, 0.15) is 6.10 Å². The Hall–Kier alpha value is -1.51. The molecule has 0 N–H and O–H groups in total. The molecular formula is C15H10Cl2O2. The van der Waals surface area contributed by atoms with E-state index in [1.807, 2.05) is 30.3 Å². The third-order valence-electron chi connectivity index (χ3n) is 3.17. The normalized spacial score (nSPS) is 17.2. The minimum Gasteiger partial charge on any atom is -0.454 e. The van der Waals surface area contributed by atoms with Crippen molar-refractivity contribution in [3.05, 3.63) is 69.2 Å². The van der Waals surface area contributed by atoms with Gasteiger partial charge in [0, 0.05) is 12.0 Å². The van der Waals surface area contributed by atoms with Gasteiger partial charge in [0.15, 0.2) is 0 Å². The summed E-state index contributed by atoms with van der Waals surface area (Å²) >= 11 is 11.9. The van der Waals surface area contributed by atoms with Crippen LogP contribution in [0.15, 0.2) is 42.5 Å². The Kier molecular flexibility index (Phi) is 3.21. The van der Waals surface area contributed by atoms with E-state index >= 15 is 0 Å². The maximum absolute atomic E-state index is 11.8. The number of carbonyl (C=O) groups excluding carboxylic acids is 1. The largest absolute Gasteiger partial charge is 0.454 e. The lowest BCUT2D eigenvalue weighted by molar-refractivity contribution is 0.0387. The maximum Gasteiger partial charge on any atom is 0.339 e. The molecule has 0 radical (unpaired) electrons. The van der Waals surface area contributed by atoms with Gasteiger partial charge in [-0.3, -0.25) is 0 Å². The molecule has 4 heteroatoms. The van der Waals surface area contributed by atoms with Crippen LogP contribution in [-0.2, 0) is 11.2 Å². The lowest BCUT2D eigenvalue weighted by Crippen LogP contribution is -2.02. The average Bonchev–Trinajstić information content (AvgIpc) is 2.68. The Bertz CT molecular complexity index is 638. The molecule has 2 aromatic carbocycles. The van der Waals surface area contributed by atoms with Crippen molar-refractivity contribution >= 4 is 29.2 Å². The molecular weight excluding hydrogens is 283 g/mol. The van der Waals surface area contributed by atoms with Crippen molar-refractivity contribution < 1.29 is 9.53 Å². The number of rotatable bonds is 2. The highest BCUT2D eigenvalue weighted by molar-refractivity contribution is 6.42. The molecule has 0 aromatic heterocycles. The SMILES string of the molecule is O=C1OC(Cc2ccccc2)c2cc(Cl)c(Cl)cc21.